The van der Waals surface area contributed by atoms with E-state index < -0.39 is 0 Å². The molecule has 26 heavy (non-hydrogen) atoms. The van der Waals surface area contributed by atoms with Crippen LogP contribution in [0.4, 0.5) is 5.82 Å². The minimum Gasteiger partial charge on any atom is -0.328 e. The molecule has 0 saturated heterocycles. The van der Waals surface area contributed by atoms with Crippen molar-refractivity contribution in [2.45, 2.75) is 33.1 Å². The Bertz CT molecular complexity index is 884. The van der Waals surface area contributed by atoms with E-state index in [0.29, 0.717) is 23.1 Å². The number of rotatable bonds is 6. The maximum absolute atomic E-state index is 5.64. The molecule has 0 aliphatic heterocycles. The third kappa shape index (κ3) is 4.20. The molecule has 1 aliphatic carbocycles. The van der Waals surface area contributed by atoms with Gasteiger partial charge in [0.25, 0.3) is 0 Å². The van der Waals surface area contributed by atoms with Gasteiger partial charge >= 0.3 is 0 Å². The van der Waals surface area contributed by atoms with Crippen LogP contribution in [0.2, 0.25) is 0 Å². The van der Waals surface area contributed by atoms with Crippen LogP contribution < -0.4 is 5.32 Å². The number of allylic oxidation sites excluding steroid dienone is 1. The van der Waals surface area contributed by atoms with E-state index in [4.69, 9.17) is 6.42 Å². The Balaban J connectivity index is 1.84. The van der Waals surface area contributed by atoms with Crippen LogP contribution in [0.3, 0.4) is 0 Å². The Morgan fingerprint density at radius 1 is 1.50 bits per heavy atom. The minimum atomic E-state index is 0.618. The number of hydrogen-bond acceptors (Lipinski definition) is 4. The van der Waals surface area contributed by atoms with Crippen molar-refractivity contribution in [2.24, 2.45) is 16.8 Å². The Labute approximate surface area is 159 Å². The topological polar surface area (TPSA) is 50.2 Å². The molecule has 134 valence electrons. The molecule has 0 amide bonds. The summed E-state index contributed by atoms with van der Waals surface area (Å²) >= 11 is 1.63. The van der Waals surface area contributed by atoms with Crippen LogP contribution in [0, 0.1) is 24.2 Å². The number of thiophene rings is 1. The molecule has 0 aromatic carbocycles. The molecule has 1 unspecified atom stereocenters. The zero-order valence-electron chi connectivity index (χ0n) is 15.5. The van der Waals surface area contributed by atoms with Crippen molar-refractivity contribution < 1.29 is 0 Å². The summed E-state index contributed by atoms with van der Waals surface area (Å²) in [4.78, 5) is 15.6. The first kappa shape index (κ1) is 18.3. The van der Waals surface area contributed by atoms with Crippen LogP contribution in [0.5, 0.6) is 0 Å². The number of nitrogens with one attached hydrogen (secondary N) is 1. The number of nitrogens with zero attached hydrogens (tertiary/aromatic N) is 3. The molecular weight excluding hydrogens is 340 g/mol. The monoisotopic (exact) mass is 364 g/mol. The lowest BCUT2D eigenvalue weighted by Gasteiger charge is -2.15. The Hall–Kier alpha value is -2.45. The highest BCUT2D eigenvalue weighted by Gasteiger charge is 2.28. The second kappa shape index (κ2) is 7.84. The van der Waals surface area contributed by atoms with Gasteiger partial charge in [-0.3, -0.25) is 4.99 Å². The third-order valence-electron chi connectivity index (χ3n) is 4.67. The molecule has 1 aliphatic rings. The molecule has 1 fully saturated rings. The molecule has 1 saturated carbocycles. The van der Waals surface area contributed by atoms with Gasteiger partial charge in [0.2, 0.25) is 0 Å². The van der Waals surface area contributed by atoms with E-state index in [9.17, 15) is 0 Å². The third-order valence-corrected chi connectivity index (χ3v) is 5.91. The number of aromatic nitrogens is 2. The van der Waals surface area contributed by atoms with Crippen LogP contribution >= 0.6 is 11.3 Å². The van der Waals surface area contributed by atoms with Gasteiger partial charge in [-0.1, -0.05) is 19.4 Å². The normalized spacial score (nSPS) is 15.4. The Morgan fingerprint density at radius 3 is 2.85 bits per heavy atom. The Kier molecular flexibility index (Phi) is 5.53. The fourth-order valence-electron chi connectivity index (χ4n) is 2.86. The molecule has 0 bridgehead atoms. The zero-order chi connectivity index (χ0) is 18.7. The molecule has 5 heteroatoms. The molecule has 0 spiro atoms. The zero-order valence-corrected chi connectivity index (χ0v) is 16.4. The molecule has 1 atom stereocenters. The lowest BCUT2D eigenvalue weighted by Crippen LogP contribution is -2.18. The molecular formula is C21H24N4S. The predicted octanol–water partition coefficient (Wildman–Crippen LogP) is 5.10. The summed E-state index contributed by atoms with van der Waals surface area (Å²) in [6.45, 7) is 8.27. The molecule has 4 nitrogen and oxygen atoms in total. The summed E-state index contributed by atoms with van der Waals surface area (Å²) < 4.78 is 0. The van der Waals surface area contributed by atoms with Crippen molar-refractivity contribution in [3.8, 4) is 23.0 Å². The van der Waals surface area contributed by atoms with Crippen molar-refractivity contribution in [3.63, 3.8) is 0 Å². The number of hydrogen-bond donors (Lipinski definition) is 1. The number of anilines is 1. The van der Waals surface area contributed by atoms with Crippen molar-refractivity contribution in [2.75, 3.05) is 12.4 Å². The van der Waals surface area contributed by atoms with E-state index in [-0.39, 0.29) is 0 Å². The summed E-state index contributed by atoms with van der Waals surface area (Å²) in [6.07, 6.45) is 10.9. The maximum atomic E-state index is 5.64. The summed E-state index contributed by atoms with van der Waals surface area (Å²) in [7, 11) is 1.80. The van der Waals surface area contributed by atoms with Crippen LogP contribution in [0.1, 0.15) is 43.6 Å². The SMILES string of the molecule is C#Cc1cnc(-c2ccc(C(=C)C)s2)nc1NC(CC(C)C1CC1)=NC. The van der Waals surface area contributed by atoms with Crippen LogP contribution in [0.25, 0.3) is 16.3 Å². The maximum Gasteiger partial charge on any atom is 0.171 e. The lowest BCUT2D eigenvalue weighted by molar-refractivity contribution is 0.529. The summed E-state index contributed by atoms with van der Waals surface area (Å²) in [5, 5.41) is 3.34. The van der Waals surface area contributed by atoms with Gasteiger partial charge in [0.05, 0.1) is 10.4 Å². The van der Waals surface area contributed by atoms with E-state index in [1.807, 2.05) is 19.1 Å². The van der Waals surface area contributed by atoms with E-state index in [2.05, 4.69) is 39.7 Å². The smallest absolute Gasteiger partial charge is 0.171 e. The molecule has 2 aromatic rings. The van der Waals surface area contributed by atoms with Crippen LogP contribution in [0.15, 0.2) is 29.9 Å². The average Bonchev–Trinajstić information content (AvgIpc) is 3.37. The number of terminal acetylenes is 1. The van der Waals surface area contributed by atoms with Gasteiger partial charge in [-0.25, -0.2) is 9.97 Å². The standard InChI is InChI=1S/C21H24N4S/c1-6-15-12-23-21(18-10-9-17(26-18)13(2)3)25-20(15)24-19(22-5)11-14(4)16-7-8-16/h1,9-10,12,14,16H,2,7-8,11H2,3-5H3,(H,22,23,24,25). The summed E-state index contributed by atoms with van der Waals surface area (Å²) in [5.41, 5.74) is 1.68. The largest absolute Gasteiger partial charge is 0.328 e. The van der Waals surface area contributed by atoms with Gasteiger partial charge in [-0.2, -0.15) is 0 Å². The van der Waals surface area contributed by atoms with Gasteiger partial charge in [-0.05, 0) is 49.3 Å². The van der Waals surface area contributed by atoms with Gasteiger partial charge in [0.15, 0.2) is 11.6 Å². The highest BCUT2D eigenvalue weighted by molar-refractivity contribution is 7.16. The molecule has 2 aromatic heterocycles. The van der Waals surface area contributed by atoms with Gasteiger partial charge in [0.1, 0.15) is 5.84 Å². The molecule has 1 N–H and O–H groups in total. The average molecular weight is 365 g/mol. The number of amidine groups is 1. The van der Waals surface area contributed by atoms with Gasteiger partial charge in [0, 0.05) is 24.5 Å². The first-order valence-electron chi connectivity index (χ1n) is 8.84. The minimum absolute atomic E-state index is 0.618. The first-order chi connectivity index (χ1) is 12.5. The molecule has 2 heterocycles. The second-order valence-electron chi connectivity index (χ2n) is 6.86. The van der Waals surface area contributed by atoms with Gasteiger partial charge in [-0.15, -0.1) is 17.8 Å². The summed E-state index contributed by atoms with van der Waals surface area (Å²) in [6, 6.07) is 4.07. The summed E-state index contributed by atoms with van der Waals surface area (Å²) in [5.74, 6) is 6.33. The highest BCUT2D eigenvalue weighted by Crippen LogP contribution is 2.38. The lowest BCUT2D eigenvalue weighted by atomic mass is 10.0. The first-order valence-corrected chi connectivity index (χ1v) is 9.66. The fraction of sp³-hybridized carbons (Fsp3) is 0.381. The number of aliphatic imine (C=N–C) groups is 1. The van der Waals surface area contributed by atoms with Crippen molar-refractivity contribution in [3.05, 3.63) is 35.3 Å². The van der Waals surface area contributed by atoms with E-state index in [0.717, 1.165) is 33.5 Å². The fourth-order valence-corrected chi connectivity index (χ4v) is 3.73. The predicted molar refractivity (Wildman–Crippen MR) is 111 cm³/mol. The van der Waals surface area contributed by atoms with Crippen molar-refractivity contribution in [1.29, 1.82) is 0 Å². The van der Waals surface area contributed by atoms with Crippen LogP contribution in [-0.4, -0.2) is 22.9 Å². The van der Waals surface area contributed by atoms with E-state index in [1.165, 1.54) is 12.8 Å². The van der Waals surface area contributed by atoms with Crippen LogP contribution in [-0.2, 0) is 0 Å². The molecule has 0 radical (unpaired) electrons. The Morgan fingerprint density at radius 2 is 2.27 bits per heavy atom. The van der Waals surface area contributed by atoms with Crippen molar-refractivity contribution in [1.82, 2.24) is 9.97 Å². The molecule has 3 rings (SSSR count). The highest BCUT2D eigenvalue weighted by atomic mass is 32.1. The van der Waals surface area contributed by atoms with E-state index in [1.54, 1.807) is 24.6 Å². The van der Waals surface area contributed by atoms with Gasteiger partial charge < -0.3 is 5.32 Å². The quantitative estimate of drug-likeness (QED) is 0.441. The van der Waals surface area contributed by atoms with Crippen molar-refractivity contribution >= 4 is 28.6 Å². The second-order valence-corrected chi connectivity index (χ2v) is 7.94. The van der Waals surface area contributed by atoms with E-state index >= 15 is 0 Å².